The zero-order chi connectivity index (χ0) is 16.7. The second-order valence-electron chi connectivity index (χ2n) is 6.99. The van der Waals surface area contributed by atoms with Gasteiger partial charge in [0.25, 0.3) is 0 Å². The maximum absolute atomic E-state index is 6.10. The summed E-state index contributed by atoms with van der Waals surface area (Å²) in [6.07, 6.45) is 5.72. The van der Waals surface area contributed by atoms with E-state index in [1.165, 1.54) is 0 Å². The number of aromatic nitrogens is 1. The van der Waals surface area contributed by atoms with Crippen LogP contribution < -0.4 is 5.73 Å². The van der Waals surface area contributed by atoms with Crippen molar-refractivity contribution in [2.45, 2.75) is 38.9 Å². The van der Waals surface area contributed by atoms with Gasteiger partial charge >= 0.3 is 7.12 Å². The third-order valence-corrected chi connectivity index (χ3v) is 4.81. The van der Waals surface area contributed by atoms with E-state index in [1.54, 1.807) is 6.20 Å². The molecule has 1 aliphatic rings. The first-order valence-electron chi connectivity index (χ1n) is 7.92. The summed E-state index contributed by atoms with van der Waals surface area (Å²) in [6, 6.07) is 8.25. The maximum Gasteiger partial charge on any atom is 0.491 e. The smallest absolute Gasteiger partial charge is 0.400 e. The molecule has 1 saturated heterocycles. The molecule has 1 aliphatic heterocycles. The molecule has 0 radical (unpaired) electrons. The van der Waals surface area contributed by atoms with Gasteiger partial charge in [0.05, 0.1) is 11.2 Å². The van der Waals surface area contributed by atoms with Crippen molar-refractivity contribution in [3.8, 4) is 0 Å². The molecule has 1 fully saturated rings. The average Bonchev–Trinajstić information content (AvgIpc) is 2.72. The van der Waals surface area contributed by atoms with Crippen molar-refractivity contribution in [2.75, 3.05) is 6.54 Å². The Morgan fingerprint density at radius 3 is 2.48 bits per heavy atom. The van der Waals surface area contributed by atoms with Crippen LogP contribution in [0.1, 0.15) is 33.3 Å². The van der Waals surface area contributed by atoms with E-state index < -0.39 is 7.12 Å². The van der Waals surface area contributed by atoms with Gasteiger partial charge in [-0.3, -0.25) is 4.98 Å². The molecule has 0 atom stereocenters. The topological polar surface area (TPSA) is 57.4 Å². The van der Waals surface area contributed by atoms with E-state index in [0.717, 1.165) is 21.8 Å². The Morgan fingerprint density at radius 2 is 1.83 bits per heavy atom. The SMILES string of the molecule is CC1(C)OB(C(=Cc2ccc3cnccc3c2)CN)OC1(C)C. The second-order valence-corrected chi connectivity index (χ2v) is 6.99. The molecule has 3 rings (SSSR count). The molecule has 0 aliphatic carbocycles. The lowest BCUT2D eigenvalue weighted by Gasteiger charge is -2.32. The predicted molar refractivity (Wildman–Crippen MR) is 94.9 cm³/mol. The molecule has 2 heterocycles. The van der Waals surface area contributed by atoms with Gasteiger partial charge in [-0.1, -0.05) is 18.2 Å². The molecule has 0 saturated carbocycles. The van der Waals surface area contributed by atoms with Crippen molar-refractivity contribution in [2.24, 2.45) is 5.73 Å². The number of benzene rings is 1. The normalized spacial score (nSPS) is 20.2. The molecule has 0 amide bonds. The summed E-state index contributed by atoms with van der Waals surface area (Å²) >= 11 is 0. The van der Waals surface area contributed by atoms with Crippen LogP contribution in [0.3, 0.4) is 0 Å². The van der Waals surface area contributed by atoms with Crippen molar-refractivity contribution < 1.29 is 9.31 Å². The molecule has 2 aromatic rings. The summed E-state index contributed by atoms with van der Waals surface area (Å²) in [4.78, 5) is 4.14. The number of pyridine rings is 1. The lowest BCUT2D eigenvalue weighted by molar-refractivity contribution is 0.00578. The summed E-state index contributed by atoms with van der Waals surface area (Å²) in [7, 11) is -0.405. The molecule has 1 aromatic heterocycles. The monoisotopic (exact) mass is 310 g/mol. The van der Waals surface area contributed by atoms with E-state index in [9.17, 15) is 0 Å². The predicted octanol–water partition coefficient (Wildman–Crippen LogP) is 3.21. The van der Waals surface area contributed by atoms with Crippen LogP contribution in [-0.2, 0) is 9.31 Å². The van der Waals surface area contributed by atoms with E-state index in [4.69, 9.17) is 15.0 Å². The Morgan fingerprint density at radius 1 is 1.13 bits per heavy atom. The van der Waals surface area contributed by atoms with Crippen LogP contribution in [0.4, 0.5) is 0 Å². The minimum absolute atomic E-state index is 0.360. The van der Waals surface area contributed by atoms with Gasteiger partial charge in [0.2, 0.25) is 0 Å². The third kappa shape index (κ3) is 3.04. The van der Waals surface area contributed by atoms with Crippen molar-refractivity contribution in [3.63, 3.8) is 0 Å². The molecule has 4 nitrogen and oxygen atoms in total. The van der Waals surface area contributed by atoms with Crippen molar-refractivity contribution in [1.29, 1.82) is 0 Å². The molecule has 1 aromatic carbocycles. The lowest BCUT2D eigenvalue weighted by Crippen LogP contribution is -2.41. The van der Waals surface area contributed by atoms with Gasteiger partial charge in [-0.05, 0) is 56.2 Å². The van der Waals surface area contributed by atoms with Crippen LogP contribution in [0.25, 0.3) is 16.8 Å². The molecule has 120 valence electrons. The summed E-state index contributed by atoms with van der Waals surface area (Å²) in [5, 5.41) is 2.27. The molecule has 0 spiro atoms. The fourth-order valence-electron chi connectivity index (χ4n) is 2.62. The molecule has 5 heteroatoms. The van der Waals surface area contributed by atoms with E-state index in [0.29, 0.717) is 6.54 Å². The van der Waals surface area contributed by atoms with Gasteiger partial charge in [0.15, 0.2) is 0 Å². The Balaban J connectivity index is 1.92. The summed E-state index contributed by atoms with van der Waals surface area (Å²) in [5.74, 6) is 0. The van der Waals surface area contributed by atoms with Crippen LogP contribution in [0.5, 0.6) is 0 Å². The number of nitrogens with zero attached hydrogens (tertiary/aromatic N) is 1. The van der Waals surface area contributed by atoms with Gasteiger partial charge in [-0.15, -0.1) is 0 Å². The van der Waals surface area contributed by atoms with E-state index in [-0.39, 0.29) is 11.2 Å². The lowest BCUT2D eigenvalue weighted by atomic mass is 9.77. The fourth-order valence-corrected chi connectivity index (χ4v) is 2.62. The molecular formula is C18H23BN2O2. The van der Waals surface area contributed by atoms with Crippen LogP contribution in [0, 0.1) is 0 Å². The zero-order valence-electron chi connectivity index (χ0n) is 14.2. The van der Waals surface area contributed by atoms with Crippen LogP contribution in [-0.4, -0.2) is 29.8 Å². The molecule has 2 N–H and O–H groups in total. The minimum atomic E-state index is -0.405. The van der Waals surface area contributed by atoms with Gasteiger partial charge in [-0.2, -0.15) is 0 Å². The first-order chi connectivity index (χ1) is 10.8. The first-order valence-corrected chi connectivity index (χ1v) is 7.92. The van der Waals surface area contributed by atoms with E-state index >= 15 is 0 Å². The largest absolute Gasteiger partial charge is 0.491 e. The maximum atomic E-state index is 6.10. The van der Waals surface area contributed by atoms with Gasteiger partial charge < -0.3 is 15.0 Å². The fraction of sp³-hybridized carbons (Fsp3) is 0.389. The second kappa shape index (κ2) is 5.75. The quantitative estimate of drug-likeness (QED) is 0.885. The van der Waals surface area contributed by atoms with Crippen LogP contribution in [0.2, 0.25) is 0 Å². The van der Waals surface area contributed by atoms with Gasteiger partial charge in [-0.25, -0.2) is 0 Å². The summed E-state index contributed by atoms with van der Waals surface area (Å²) in [5.41, 5.74) is 7.26. The highest BCUT2D eigenvalue weighted by Crippen LogP contribution is 2.38. The van der Waals surface area contributed by atoms with Crippen LogP contribution >= 0.6 is 0 Å². The van der Waals surface area contributed by atoms with Gasteiger partial charge in [0.1, 0.15) is 0 Å². The number of hydrogen-bond acceptors (Lipinski definition) is 4. The summed E-state index contributed by atoms with van der Waals surface area (Å²) < 4.78 is 12.2. The third-order valence-electron chi connectivity index (χ3n) is 4.81. The number of hydrogen-bond donors (Lipinski definition) is 1. The zero-order valence-corrected chi connectivity index (χ0v) is 14.2. The average molecular weight is 310 g/mol. The Hall–Kier alpha value is -1.69. The van der Waals surface area contributed by atoms with E-state index in [1.807, 2.05) is 40.0 Å². The number of rotatable bonds is 3. The van der Waals surface area contributed by atoms with Crippen LogP contribution in [0.15, 0.2) is 42.1 Å². The Bertz CT molecular complexity index is 740. The van der Waals surface area contributed by atoms with Gasteiger partial charge in [0, 0.05) is 24.3 Å². The molecule has 23 heavy (non-hydrogen) atoms. The van der Waals surface area contributed by atoms with Crippen molar-refractivity contribution in [3.05, 3.63) is 47.7 Å². The van der Waals surface area contributed by atoms with Crippen molar-refractivity contribution >= 4 is 24.0 Å². The molecule has 0 bridgehead atoms. The standard InChI is InChI=1S/C18H23BN2O2/c1-17(2)18(3,4)23-19(22-17)16(11-20)10-13-5-6-15-12-21-8-7-14(15)9-13/h5-10,12H,11,20H2,1-4H3. The Kier molecular flexibility index (Phi) is 4.04. The molecule has 0 unspecified atom stereocenters. The Labute approximate surface area is 137 Å². The highest BCUT2D eigenvalue weighted by atomic mass is 16.7. The number of nitrogens with two attached hydrogens (primary N) is 1. The first kappa shape index (κ1) is 16.2. The van der Waals surface area contributed by atoms with E-state index in [2.05, 4.69) is 29.3 Å². The minimum Gasteiger partial charge on any atom is -0.400 e. The van der Waals surface area contributed by atoms with Crippen molar-refractivity contribution in [1.82, 2.24) is 4.98 Å². The highest BCUT2D eigenvalue weighted by molar-refractivity contribution is 6.55. The summed E-state index contributed by atoms with van der Waals surface area (Å²) in [6.45, 7) is 8.58. The highest BCUT2D eigenvalue weighted by Gasteiger charge is 2.52. The molecular weight excluding hydrogens is 287 g/mol. The number of fused-ring (bicyclic) bond motifs is 1.